The highest BCUT2D eigenvalue weighted by molar-refractivity contribution is 6.47. The number of hydrogen-bond donors (Lipinski definition) is 1. The topological polar surface area (TPSA) is 30.5 Å². The van der Waals surface area contributed by atoms with Gasteiger partial charge in [-0.3, -0.25) is 0 Å². The first-order valence-corrected chi connectivity index (χ1v) is 7.58. The van der Waals surface area contributed by atoms with Crippen LogP contribution in [0.25, 0.3) is 0 Å². The van der Waals surface area contributed by atoms with E-state index in [1.807, 2.05) is 0 Å². The first-order chi connectivity index (χ1) is 8.52. The molecule has 0 amide bonds. The van der Waals surface area contributed by atoms with Gasteiger partial charge in [-0.1, -0.05) is 13.8 Å². The quantitative estimate of drug-likeness (QED) is 0.751. The summed E-state index contributed by atoms with van der Waals surface area (Å²) in [6.45, 7) is 8.25. The van der Waals surface area contributed by atoms with Gasteiger partial charge < -0.3 is 14.6 Å². The summed E-state index contributed by atoms with van der Waals surface area (Å²) in [5.74, 6) is 1.95. The number of nitrogens with one attached hydrogen (secondary N) is 1. The van der Waals surface area contributed by atoms with Gasteiger partial charge in [0.15, 0.2) is 0 Å². The van der Waals surface area contributed by atoms with Crippen LogP contribution in [0.15, 0.2) is 0 Å². The van der Waals surface area contributed by atoms with Crippen LogP contribution in [0.4, 0.5) is 0 Å². The molecule has 1 N–H and O–H groups in total. The van der Waals surface area contributed by atoms with E-state index in [1.54, 1.807) is 0 Å². The van der Waals surface area contributed by atoms with Gasteiger partial charge in [0.1, 0.15) is 0 Å². The molecule has 5 aliphatic rings. The van der Waals surface area contributed by atoms with Crippen molar-refractivity contribution < 1.29 is 9.31 Å². The van der Waals surface area contributed by atoms with Crippen molar-refractivity contribution in [2.75, 3.05) is 6.54 Å². The zero-order valence-electron chi connectivity index (χ0n) is 12.1. The molecule has 0 aromatic heterocycles. The monoisotopic (exact) mass is 285 g/mol. The summed E-state index contributed by atoms with van der Waals surface area (Å²) in [4.78, 5) is 0. The Morgan fingerprint density at radius 2 is 2.00 bits per heavy atom. The van der Waals surface area contributed by atoms with Gasteiger partial charge in [0.25, 0.3) is 0 Å². The second-order valence-electron chi connectivity index (χ2n) is 7.54. The summed E-state index contributed by atoms with van der Waals surface area (Å²) in [7, 11) is -0.00218. The highest BCUT2D eigenvalue weighted by Crippen LogP contribution is 2.65. The van der Waals surface area contributed by atoms with Crippen LogP contribution in [0.5, 0.6) is 0 Å². The minimum atomic E-state index is -0.0345. The van der Waals surface area contributed by atoms with E-state index in [0.29, 0.717) is 23.4 Å². The van der Waals surface area contributed by atoms with Gasteiger partial charge in [0.2, 0.25) is 0 Å². The maximum Gasteiger partial charge on any atom is 0.475 e. The van der Waals surface area contributed by atoms with E-state index in [1.165, 1.54) is 25.7 Å². The molecular formula is C14H25BClNO2. The lowest BCUT2D eigenvalue weighted by Crippen LogP contribution is -2.65. The normalized spacial score (nSPS) is 50.4. The molecule has 3 saturated carbocycles. The average Bonchev–Trinajstić information content (AvgIpc) is 2.92. The van der Waals surface area contributed by atoms with E-state index < -0.39 is 0 Å². The summed E-state index contributed by atoms with van der Waals surface area (Å²) >= 11 is 0. The second kappa shape index (κ2) is 4.36. The van der Waals surface area contributed by atoms with Crippen molar-refractivity contribution in [3.05, 3.63) is 0 Å². The van der Waals surface area contributed by atoms with Gasteiger partial charge in [0.05, 0.1) is 11.7 Å². The average molecular weight is 286 g/mol. The molecule has 0 unspecified atom stereocenters. The lowest BCUT2D eigenvalue weighted by Gasteiger charge is -2.64. The Morgan fingerprint density at radius 1 is 1.21 bits per heavy atom. The van der Waals surface area contributed by atoms with Gasteiger partial charge in [-0.05, 0) is 56.4 Å². The fourth-order valence-electron chi connectivity index (χ4n) is 5.01. The maximum atomic E-state index is 6.44. The first kappa shape index (κ1) is 14.2. The molecule has 0 spiro atoms. The maximum absolute atomic E-state index is 6.44. The molecular weight excluding hydrogens is 260 g/mol. The van der Waals surface area contributed by atoms with Crippen LogP contribution in [0.2, 0.25) is 0 Å². The standard InChI is InChI=1S/C14H24BNO2.ClH/c1-13(2)9-7-10(13)14(3)11(8-9)17-15(18-14)12-5-4-6-16-12;/h9-12,16H,4-8H2,1-3H3;1H/t9-,10-,11-,12+,14+;/m0./s1. The van der Waals surface area contributed by atoms with Gasteiger partial charge in [-0.25, -0.2) is 0 Å². The van der Waals surface area contributed by atoms with E-state index in [2.05, 4.69) is 26.1 Å². The van der Waals surface area contributed by atoms with Gasteiger partial charge in [0, 0.05) is 5.94 Å². The van der Waals surface area contributed by atoms with Crippen molar-refractivity contribution >= 4 is 19.5 Å². The zero-order valence-corrected chi connectivity index (χ0v) is 13.0. The smallest absolute Gasteiger partial charge is 0.404 e. The fourth-order valence-corrected chi connectivity index (χ4v) is 5.01. The van der Waals surface area contributed by atoms with Crippen LogP contribution in [0.1, 0.15) is 46.5 Å². The first-order valence-electron chi connectivity index (χ1n) is 7.58. The van der Waals surface area contributed by atoms with Gasteiger partial charge >= 0.3 is 7.12 Å². The predicted molar refractivity (Wildman–Crippen MR) is 78.4 cm³/mol. The number of hydrogen-bond acceptors (Lipinski definition) is 3. The molecule has 3 aliphatic carbocycles. The molecule has 5 atom stereocenters. The largest absolute Gasteiger partial charge is 0.475 e. The van der Waals surface area contributed by atoms with Crippen molar-refractivity contribution in [1.82, 2.24) is 5.32 Å². The van der Waals surface area contributed by atoms with E-state index in [9.17, 15) is 0 Å². The highest BCUT2D eigenvalue weighted by Gasteiger charge is 2.68. The molecule has 108 valence electrons. The molecule has 0 aromatic carbocycles. The van der Waals surface area contributed by atoms with Crippen molar-refractivity contribution in [3.8, 4) is 0 Å². The van der Waals surface area contributed by atoms with Crippen LogP contribution in [0.3, 0.4) is 0 Å². The molecule has 5 fully saturated rings. The lowest BCUT2D eigenvalue weighted by molar-refractivity contribution is -0.199. The van der Waals surface area contributed by atoms with Crippen molar-refractivity contribution in [2.45, 2.75) is 64.1 Å². The molecule has 2 bridgehead atoms. The summed E-state index contributed by atoms with van der Waals surface area (Å²) in [6.07, 6.45) is 5.33. The third kappa shape index (κ3) is 1.76. The van der Waals surface area contributed by atoms with Crippen LogP contribution in [-0.2, 0) is 9.31 Å². The van der Waals surface area contributed by atoms with Crippen molar-refractivity contribution in [2.24, 2.45) is 17.3 Å². The molecule has 3 nitrogen and oxygen atoms in total. The summed E-state index contributed by atoms with van der Waals surface area (Å²) in [5.41, 5.74) is 0.416. The fraction of sp³-hybridized carbons (Fsp3) is 1.00. The summed E-state index contributed by atoms with van der Waals surface area (Å²) < 4.78 is 12.7. The Balaban J connectivity index is 0.00000110. The van der Waals surface area contributed by atoms with E-state index in [4.69, 9.17) is 9.31 Å². The number of halogens is 1. The summed E-state index contributed by atoms with van der Waals surface area (Å²) in [6, 6.07) is 0. The molecule has 2 aliphatic heterocycles. The second-order valence-corrected chi connectivity index (χ2v) is 7.54. The Labute approximate surface area is 122 Å². The molecule has 5 rings (SSSR count). The minimum absolute atomic E-state index is 0. The highest BCUT2D eigenvalue weighted by atomic mass is 35.5. The zero-order chi connectivity index (χ0) is 12.5. The van der Waals surface area contributed by atoms with E-state index in [0.717, 1.165) is 12.5 Å². The molecule has 2 heterocycles. The van der Waals surface area contributed by atoms with Crippen molar-refractivity contribution in [3.63, 3.8) is 0 Å². The Hall–Kier alpha value is 0.235. The third-order valence-corrected chi connectivity index (χ3v) is 6.40. The SMILES string of the molecule is CC1(C)[C@@H]2C[C@@H]3OB([C@H]4CCCN4)O[C@]3(C)[C@H]1C2.Cl. The Bertz CT molecular complexity index is 374. The van der Waals surface area contributed by atoms with Gasteiger partial charge in [-0.2, -0.15) is 0 Å². The van der Waals surface area contributed by atoms with Crippen molar-refractivity contribution in [1.29, 1.82) is 0 Å². The minimum Gasteiger partial charge on any atom is -0.404 e. The number of rotatable bonds is 1. The van der Waals surface area contributed by atoms with Crippen LogP contribution >= 0.6 is 12.4 Å². The Kier molecular flexibility index (Phi) is 3.26. The van der Waals surface area contributed by atoms with Crippen LogP contribution in [-0.4, -0.2) is 31.3 Å². The van der Waals surface area contributed by atoms with E-state index >= 15 is 0 Å². The summed E-state index contributed by atoms with van der Waals surface area (Å²) in [5, 5.41) is 3.52. The predicted octanol–water partition coefficient (Wildman–Crippen LogP) is 2.43. The molecule has 5 heteroatoms. The van der Waals surface area contributed by atoms with E-state index in [-0.39, 0.29) is 25.1 Å². The third-order valence-electron chi connectivity index (χ3n) is 6.40. The molecule has 0 aromatic rings. The van der Waals surface area contributed by atoms with Crippen LogP contribution < -0.4 is 5.32 Å². The lowest BCUT2D eigenvalue weighted by atomic mass is 9.43. The van der Waals surface area contributed by atoms with Gasteiger partial charge in [-0.15, -0.1) is 12.4 Å². The van der Waals surface area contributed by atoms with Crippen LogP contribution in [0, 0.1) is 17.3 Å². The molecule has 2 saturated heterocycles. The Morgan fingerprint density at radius 3 is 2.63 bits per heavy atom. The molecule has 0 radical (unpaired) electrons. The molecule has 19 heavy (non-hydrogen) atoms.